The zero-order valence-electron chi connectivity index (χ0n) is 61.9. The van der Waals surface area contributed by atoms with Gasteiger partial charge in [0.1, 0.15) is 30.2 Å². The standard InChI is InChI=1S/C71H133IO13Si5/c1-47-29-30-51(31-34-56-48(2)41-52(78-56)33-36-62-74-39-40-75-62)77-59(47)45-61-55(49(3)60(80-61)44-54(82-87(21,22)68(7,8)9)46-76-86(19,20)67(4,5)6)43-50(73)42-53-32-35-57-63(79-53)65(84-89(25,26)70(13,14)15)66(85-90(27,28)71(16,17)18)64(81-57)58(37-38-72)83-88(23,24)69(10,11)12/h37-38,47,51-66H,2-3,29-36,39-46H2,1,4-28H3/b38-37+/t47?,51-,52+,53-,54?,55-,56+,57+,58+,59-,60-,61+,63?,64?,65?,66?/m1/s1. The Kier molecular flexibility index (Phi) is 27.1. The van der Waals surface area contributed by atoms with Crippen LogP contribution in [0.25, 0.3) is 0 Å². The van der Waals surface area contributed by atoms with Gasteiger partial charge in [0.2, 0.25) is 0 Å². The highest BCUT2D eigenvalue weighted by Gasteiger charge is 2.58. The molecule has 0 N–H and O–H groups in total. The van der Waals surface area contributed by atoms with Crippen LogP contribution in [0.5, 0.6) is 0 Å². The van der Waals surface area contributed by atoms with Gasteiger partial charge in [0.25, 0.3) is 0 Å². The molecule has 0 aliphatic carbocycles. The average molecular weight is 1460 g/mol. The van der Waals surface area contributed by atoms with E-state index in [2.05, 4.69) is 216 Å². The second-order valence-corrected chi connectivity index (χ2v) is 60.5. The molecule has 19 heteroatoms. The summed E-state index contributed by atoms with van der Waals surface area (Å²) in [5, 5.41) is -0.184. The van der Waals surface area contributed by atoms with Crippen LogP contribution in [-0.2, 0) is 60.1 Å². The first-order valence-electron chi connectivity index (χ1n) is 35.1. The lowest BCUT2D eigenvalue weighted by atomic mass is 9.81. The van der Waals surface area contributed by atoms with Crippen LogP contribution < -0.4 is 0 Å². The molecule has 0 amide bonds. The number of rotatable bonds is 27. The van der Waals surface area contributed by atoms with Crippen molar-refractivity contribution in [1.29, 1.82) is 0 Å². The Balaban J connectivity index is 1.28. The smallest absolute Gasteiger partial charge is 0.193 e. The maximum atomic E-state index is 15.3. The van der Waals surface area contributed by atoms with Gasteiger partial charge >= 0.3 is 0 Å². The SMILES string of the molecule is C=C1C[C@H](CCC2OCCO2)O[C@H]1CC[C@H]1CCC(C)[C@@H](C[C@@H]2O[C@H](CC(CO[Si](C)(C)C(C)(C)C)O[Si](C)(C)C(C)(C)C)C(=C)[C@H]2CC(=O)C[C@H]2CC[C@@H]3OC([C@H](/C=C/I)O[Si](C)(C)C(C)(C)C)C(O[Si](C)(C)C(C)(C)C)C(O[Si](C)(C)C(C)(C)C)C3O2)O1. The van der Waals surface area contributed by atoms with Gasteiger partial charge in [-0.3, -0.25) is 4.79 Å². The minimum absolute atomic E-state index is 0.00713. The minimum Gasteiger partial charge on any atom is -0.414 e. The molecule has 13 nitrogen and oxygen atoms in total. The zero-order chi connectivity index (χ0) is 67.8. The maximum Gasteiger partial charge on any atom is 0.193 e. The lowest BCUT2D eigenvalue weighted by molar-refractivity contribution is -0.266. The van der Waals surface area contributed by atoms with E-state index in [4.69, 9.17) is 61.9 Å². The monoisotopic (exact) mass is 1460 g/mol. The summed E-state index contributed by atoms with van der Waals surface area (Å²) in [7, 11) is -11.7. The summed E-state index contributed by atoms with van der Waals surface area (Å²) in [5.74, 6) is 0.266. The molecule has 522 valence electrons. The number of carbonyl (C=O) groups excluding carboxylic acids is 1. The third-order valence-corrected chi connectivity index (χ3v) is 46.6. The number of fused-ring (bicyclic) bond motifs is 1. The van der Waals surface area contributed by atoms with Crippen molar-refractivity contribution in [2.24, 2.45) is 11.8 Å². The maximum absolute atomic E-state index is 15.3. The molecular weight excluding hydrogens is 1330 g/mol. The summed E-state index contributed by atoms with van der Waals surface area (Å²) in [6, 6.07) is 0. The summed E-state index contributed by atoms with van der Waals surface area (Å²) < 4.78 is 86.7. The summed E-state index contributed by atoms with van der Waals surface area (Å²) in [4.78, 5) is 15.3. The number of carbonyl (C=O) groups is 1. The van der Waals surface area contributed by atoms with Crippen molar-refractivity contribution < 1.29 is 60.1 Å². The van der Waals surface area contributed by atoms with Crippen molar-refractivity contribution in [2.45, 2.75) is 377 Å². The highest BCUT2D eigenvalue weighted by Crippen LogP contribution is 2.50. The third kappa shape index (κ3) is 20.4. The first-order chi connectivity index (χ1) is 41.1. The van der Waals surface area contributed by atoms with Gasteiger partial charge in [0, 0.05) is 38.0 Å². The van der Waals surface area contributed by atoms with Crippen LogP contribution in [0.4, 0.5) is 0 Å². The van der Waals surface area contributed by atoms with Gasteiger partial charge in [-0.05, 0) is 169 Å². The van der Waals surface area contributed by atoms with Gasteiger partial charge < -0.3 is 55.3 Å². The Morgan fingerprint density at radius 1 is 0.589 bits per heavy atom. The molecule has 16 atom stereocenters. The van der Waals surface area contributed by atoms with E-state index in [1.54, 1.807) is 0 Å². The van der Waals surface area contributed by atoms with E-state index in [1.807, 2.05) is 0 Å². The number of ether oxygens (including phenoxy) is 7. The van der Waals surface area contributed by atoms with Crippen LogP contribution in [0, 0.1) is 11.8 Å². The average Bonchev–Trinajstić information content (AvgIpc) is 0.949. The molecule has 0 saturated carbocycles. The molecule has 0 spiro atoms. The molecule has 0 bridgehead atoms. The number of halogens is 1. The van der Waals surface area contributed by atoms with E-state index < -0.39 is 66.0 Å². The fourth-order valence-corrected chi connectivity index (χ4v) is 19.1. The first kappa shape index (κ1) is 79.2. The Bertz CT molecular complexity index is 2380. The third-order valence-electron chi connectivity index (χ3n) is 23.7. The molecule has 0 aromatic carbocycles. The molecule has 0 aromatic rings. The second kappa shape index (κ2) is 30.8. The van der Waals surface area contributed by atoms with Crippen molar-refractivity contribution in [3.8, 4) is 0 Å². The molecule has 0 aromatic heterocycles. The fraction of sp³-hybridized carbons (Fsp3) is 0.901. The van der Waals surface area contributed by atoms with Gasteiger partial charge in [-0.1, -0.05) is 147 Å². The van der Waals surface area contributed by atoms with E-state index >= 15 is 4.79 Å². The zero-order valence-corrected chi connectivity index (χ0v) is 69.0. The first-order valence-corrected chi connectivity index (χ1v) is 50.9. The van der Waals surface area contributed by atoms with Crippen molar-refractivity contribution >= 4 is 70.0 Å². The summed E-state index contributed by atoms with van der Waals surface area (Å²) in [6.07, 6.45) is 8.42. The fourth-order valence-electron chi connectivity index (χ4n) is 12.4. The van der Waals surface area contributed by atoms with E-state index in [-0.39, 0.29) is 111 Å². The lowest BCUT2D eigenvalue weighted by Crippen LogP contribution is -2.69. The Morgan fingerprint density at radius 3 is 1.70 bits per heavy atom. The molecule has 6 aliphatic rings. The van der Waals surface area contributed by atoms with Gasteiger partial charge in [0.05, 0.1) is 80.9 Å². The topological polar surface area (TPSA) is 128 Å². The molecular formula is C71H133IO13Si5. The molecule has 6 heterocycles. The Hall–Kier alpha value is 0.224. The second-order valence-electron chi connectivity index (χ2n) is 35.9. The van der Waals surface area contributed by atoms with Crippen LogP contribution >= 0.6 is 22.6 Å². The van der Waals surface area contributed by atoms with Gasteiger partial charge in [0.15, 0.2) is 47.9 Å². The van der Waals surface area contributed by atoms with E-state index in [0.29, 0.717) is 51.4 Å². The molecule has 6 aliphatic heterocycles. The van der Waals surface area contributed by atoms with Gasteiger partial charge in [-0.25, -0.2) is 0 Å². The van der Waals surface area contributed by atoms with Crippen LogP contribution in [0.3, 0.4) is 0 Å². The number of ketones is 1. The van der Waals surface area contributed by atoms with Crippen molar-refractivity contribution in [3.63, 3.8) is 0 Å². The van der Waals surface area contributed by atoms with Crippen LogP contribution in [0.1, 0.15) is 194 Å². The van der Waals surface area contributed by atoms with Crippen LogP contribution in [-0.4, -0.2) is 159 Å². The van der Waals surface area contributed by atoms with Crippen LogP contribution in [0.15, 0.2) is 34.5 Å². The molecule has 6 saturated heterocycles. The quantitative estimate of drug-likeness (QED) is 0.0440. The molecule has 6 unspecified atom stereocenters. The molecule has 6 fully saturated rings. The Labute approximate surface area is 568 Å². The largest absolute Gasteiger partial charge is 0.414 e. The number of hydrogen-bond acceptors (Lipinski definition) is 13. The van der Waals surface area contributed by atoms with Crippen molar-refractivity contribution in [2.75, 3.05) is 19.8 Å². The molecule has 90 heavy (non-hydrogen) atoms. The van der Waals surface area contributed by atoms with Gasteiger partial charge in [-0.15, -0.1) is 0 Å². The predicted molar refractivity (Wildman–Crippen MR) is 390 cm³/mol. The minimum atomic E-state index is -2.48. The highest BCUT2D eigenvalue weighted by molar-refractivity contribution is 14.1. The lowest BCUT2D eigenvalue weighted by Gasteiger charge is -2.56. The number of hydrogen-bond donors (Lipinski definition) is 0. The molecule has 0 radical (unpaired) electrons. The molecule has 6 rings (SSSR count). The summed E-state index contributed by atoms with van der Waals surface area (Å²) >= 11 is 2.33. The van der Waals surface area contributed by atoms with Crippen LogP contribution in [0.2, 0.25) is 90.7 Å². The van der Waals surface area contributed by atoms with E-state index in [9.17, 15) is 0 Å². The normalized spacial score (nSPS) is 31.9. The summed E-state index contributed by atoms with van der Waals surface area (Å²) in [6.45, 7) is 71.2. The number of Topliss-reactive ketones (excluding diaryl/α,β-unsaturated/α-hetero) is 1. The van der Waals surface area contributed by atoms with Crippen molar-refractivity contribution in [1.82, 2.24) is 0 Å². The van der Waals surface area contributed by atoms with Gasteiger partial charge in [-0.2, -0.15) is 0 Å². The Morgan fingerprint density at radius 2 is 1.13 bits per heavy atom. The highest BCUT2D eigenvalue weighted by atomic mass is 127. The van der Waals surface area contributed by atoms with E-state index in [1.165, 1.54) is 5.57 Å². The summed E-state index contributed by atoms with van der Waals surface area (Å²) in [5.41, 5.74) is 2.15. The predicted octanol–water partition coefficient (Wildman–Crippen LogP) is 18.7. The van der Waals surface area contributed by atoms with Crippen molar-refractivity contribution in [3.05, 3.63) is 34.5 Å². The van der Waals surface area contributed by atoms with E-state index in [0.717, 1.165) is 56.9 Å².